The van der Waals surface area contributed by atoms with Gasteiger partial charge in [0.15, 0.2) is 0 Å². The van der Waals surface area contributed by atoms with Gasteiger partial charge in [0.05, 0.1) is 5.56 Å². The molecule has 0 aliphatic rings. The van der Waals surface area contributed by atoms with Crippen LogP contribution in [0.2, 0.25) is 0 Å². The van der Waals surface area contributed by atoms with Gasteiger partial charge in [0.1, 0.15) is 6.10 Å². The molecule has 0 aromatic heterocycles. The molecule has 0 saturated heterocycles. The van der Waals surface area contributed by atoms with Crippen molar-refractivity contribution >= 4 is 5.97 Å². The summed E-state index contributed by atoms with van der Waals surface area (Å²) in [5.41, 5.74) is 0.674. The summed E-state index contributed by atoms with van der Waals surface area (Å²) >= 11 is 0. The van der Waals surface area contributed by atoms with Crippen LogP contribution in [0.15, 0.2) is 30.3 Å². The molecule has 29 heavy (non-hydrogen) atoms. The summed E-state index contributed by atoms with van der Waals surface area (Å²) in [6.07, 6.45) is 21.8. The maximum atomic E-state index is 12.5. The number of carbonyl (C=O) groups excluding carboxylic acids is 1. The summed E-state index contributed by atoms with van der Waals surface area (Å²) in [7, 11) is 0. The molecule has 0 aliphatic carbocycles. The molecule has 1 unspecified atom stereocenters. The van der Waals surface area contributed by atoms with Crippen LogP contribution in [0.5, 0.6) is 0 Å². The van der Waals surface area contributed by atoms with E-state index in [4.69, 9.17) is 4.74 Å². The van der Waals surface area contributed by atoms with E-state index < -0.39 is 0 Å². The molecule has 0 fully saturated rings. The number of esters is 1. The Morgan fingerprint density at radius 3 is 1.52 bits per heavy atom. The molecule has 166 valence electrons. The number of hydrogen-bond donors (Lipinski definition) is 0. The lowest BCUT2D eigenvalue weighted by Crippen LogP contribution is -2.18. The summed E-state index contributed by atoms with van der Waals surface area (Å²) in [4.78, 5) is 12.5. The molecule has 0 heterocycles. The van der Waals surface area contributed by atoms with Crippen molar-refractivity contribution < 1.29 is 9.53 Å². The highest BCUT2D eigenvalue weighted by atomic mass is 16.5. The summed E-state index contributed by atoms with van der Waals surface area (Å²) < 4.78 is 5.90. The standard InChI is InChI=1S/C27H46O2/c1-3-5-7-9-11-13-15-20-24-26(23-19-14-12-10-8-6-4-2)29-27(28)25-21-17-16-18-22-25/h16-18,21-22,26H,3-15,19-20,23-24H2,1-2H3. The van der Waals surface area contributed by atoms with Crippen LogP contribution in [0.25, 0.3) is 0 Å². The van der Waals surface area contributed by atoms with E-state index in [1.165, 1.54) is 96.3 Å². The van der Waals surface area contributed by atoms with Crippen LogP contribution in [-0.2, 0) is 4.74 Å². The molecule has 2 nitrogen and oxygen atoms in total. The largest absolute Gasteiger partial charge is 0.459 e. The van der Waals surface area contributed by atoms with Gasteiger partial charge < -0.3 is 4.74 Å². The highest BCUT2D eigenvalue weighted by Crippen LogP contribution is 2.18. The first kappa shape index (κ1) is 25.7. The first-order valence-corrected chi connectivity index (χ1v) is 12.5. The van der Waals surface area contributed by atoms with E-state index in [2.05, 4.69) is 13.8 Å². The third-order valence-electron chi connectivity index (χ3n) is 5.79. The normalized spacial score (nSPS) is 12.1. The average molecular weight is 403 g/mol. The molecular weight excluding hydrogens is 356 g/mol. The monoisotopic (exact) mass is 402 g/mol. The number of ether oxygens (including phenoxy) is 1. The second kappa shape index (κ2) is 18.7. The Morgan fingerprint density at radius 2 is 1.07 bits per heavy atom. The second-order valence-corrected chi connectivity index (χ2v) is 8.57. The zero-order valence-electron chi connectivity index (χ0n) is 19.3. The van der Waals surface area contributed by atoms with E-state index in [9.17, 15) is 4.79 Å². The molecule has 1 atom stereocenters. The van der Waals surface area contributed by atoms with Gasteiger partial charge >= 0.3 is 5.97 Å². The highest BCUT2D eigenvalue weighted by molar-refractivity contribution is 5.89. The van der Waals surface area contributed by atoms with Gasteiger partial charge in [-0.1, -0.05) is 116 Å². The summed E-state index contributed by atoms with van der Waals surface area (Å²) in [5.74, 6) is -0.155. The van der Waals surface area contributed by atoms with Crippen molar-refractivity contribution in [2.45, 2.75) is 129 Å². The minimum atomic E-state index is -0.155. The fraction of sp³-hybridized carbons (Fsp3) is 0.741. The van der Waals surface area contributed by atoms with Gasteiger partial charge in [0.25, 0.3) is 0 Å². The van der Waals surface area contributed by atoms with Gasteiger partial charge in [-0.15, -0.1) is 0 Å². The van der Waals surface area contributed by atoms with Gasteiger partial charge in [-0.25, -0.2) is 4.79 Å². The average Bonchev–Trinajstić information content (AvgIpc) is 2.75. The maximum absolute atomic E-state index is 12.5. The summed E-state index contributed by atoms with van der Waals surface area (Å²) in [5, 5.41) is 0. The Morgan fingerprint density at radius 1 is 0.655 bits per heavy atom. The fourth-order valence-electron chi connectivity index (χ4n) is 3.89. The Hall–Kier alpha value is -1.31. The molecule has 1 aromatic rings. The lowest BCUT2D eigenvalue weighted by Gasteiger charge is -2.18. The molecule has 1 aromatic carbocycles. The van der Waals surface area contributed by atoms with Crippen LogP contribution >= 0.6 is 0 Å². The predicted octanol–water partition coefficient (Wildman–Crippen LogP) is 8.88. The van der Waals surface area contributed by atoms with Crippen LogP contribution in [-0.4, -0.2) is 12.1 Å². The molecule has 2 heteroatoms. The molecule has 1 rings (SSSR count). The molecule has 0 spiro atoms. The van der Waals surface area contributed by atoms with Gasteiger partial charge in [-0.05, 0) is 37.8 Å². The molecule has 0 radical (unpaired) electrons. The Labute approximate surface area is 180 Å². The SMILES string of the molecule is CCCCCCCCCCC(CCCCCCCCC)OC(=O)c1ccccc1. The van der Waals surface area contributed by atoms with Crippen molar-refractivity contribution in [2.75, 3.05) is 0 Å². The number of rotatable bonds is 19. The molecular formula is C27H46O2. The van der Waals surface area contributed by atoms with Gasteiger partial charge in [-0.2, -0.15) is 0 Å². The highest BCUT2D eigenvalue weighted by Gasteiger charge is 2.15. The van der Waals surface area contributed by atoms with Crippen molar-refractivity contribution in [3.05, 3.63) is 35.9 Å². The van der Waals surface area contributed by atoms with Gasteiger partial charge in [0, 0.05) is 0 Å². The number of unbranched alkanes of at least 4 members (excludes halogenated alkanes) is 13. The van der Waals surface area contributed by atoms with E-state index in [1.54, 1.807) is 0 Å². The number of benzene rings is 1. The number of carbonyl (C=O) groups is 1. The third-order valence-corrected chi connectivity index (χ3v) is 5.79. The smallest absolute Gasteiger partial charge is 0.338 e. The van der Waals surface area contributed by atoms with E-state index >= 15 is 0 Å². The maximum Gasteiger partial charge on any atom is 0.338 e. The topological polar surface area (TPSA) is 26.3 Å². The Bertz CT molecular complexity index is 483. The van der Waals surface area contributed by atoms with Crippen molar-refractivity contribution in [3.8, 4) is 0 Å². The van der Waals surface area contributed by atoms with Crippen molar-refractivity contribution in [1.82, 2.24) is 0 Å². The van der Waals surface area contributed by atoms with Crippen molar-refractivity contribution in [3.63, 3.8) is 0 Å². The predicted molar refractivity (Wildman–Crippen MR) is 125 cm³/mol. The lowest BCUT2D eigenvalue weighted by atomic mass is 10.0. The minimum Gasteiger partial charge on any atom is -0.459 e. The van der Waals surface area contributed by atoms with Crippen LogP contribution in [0.3, 0.4) is 0 Å². The minimum absolute atomic E-state index is 0.0819. The molecule has 0 amide bonds. The number of hydrogen-bond acceptors (Lipinski definition) is 2. The van der Waals surface area contributed by atoms with E-state index in [-0.39, 0.29) is 12.1 Å². The zero-order valence-corrected chi connectivity index (χ0v) is 19.3. The van der Waals surface area contributed by atoms with Crippen LogP contribution < -0.4 is 0 Å². The Kier molecular flexibility index (Phi) is 16.6. The third kappa shape index (κ3) is 14.3. The first-order valence-electron chi connectivity index (χ1n) is 12.5. The Balaban J connectivity index is 2.29. The van der Waals surface area contributed by atoms with Crippen LogP contribution in [0.4, 0.5) is 0 Å². The summed E-state index contributed by atoms with van der Waals surface area (Å²) in [6.45, 7) is 4.53. The zero-order chi connectivity index (χ0) is 21.0. The van der Waals surface area contributed by atoms with Gasteiger partial charge in [0.2, 0.25) is 0 Å². The molecule has 0 N–H and O–H groups in total. The van der Waals surface area contributed by atoms with E-state index in [0.717, 1.165) is 12.8 Å². The quantitative estimate of drug-likeness (QED) is 0.170. The lowest BCUT2D eigenvalue weighted by molar-refractivity contribution is 0.0249. The van der Waals surface area contributed by atoms with E-state index in [0.29, 0.717) is 5.56 Å². The molecule has 0 aliphatic heterocycles. The van der Waals surface area contributed by atoms with Crippen LogP contribution in [0, 0.1) is 0 Å². The van der Waals surface area contributed by atoms with Crippen molar-refractivity contribution in [2.24, 2.45) is 0 Å². The van der Waals surface area contributed by atoms with Crippen LogP contribution in [0.1, 0.15) is 133 Å². The molecule has 0 bridgehead atoms. The van der Waals surface area contributed by atoms with E-state index in [1.807, 2.05) is 30.3 Å². The first-order chi connectivity index (χ1) is 14.3. The molecule has 0 saturated carbocycles. The second-order valence-electron chi connectivity index (χ2n) is 8.57. The summed E-state index contributed by atoms with van der Waals surface area (Å²) in [6, 6.07) is 9.45. The fourth-order valence-corrected chi connectivity index (χ4v) is 3.89. The van der Waals surface area contributed by atoms with Crippen molar-refractivity contribution in [1.29, 1.82) is 0 Å². The van der Waals surface area contributed by atoms with Gasteiger partial charge in [-0.3, -0.25) is 0 Å².